The quantitative estimate of drug-likeness (QED) is 0.801. The Balaban J connectivity index is 2.26. The molecule has 0 radical (unpaired) electrons. The molecule has 0 aliphatic carbocycles. The molecule has 17 heavy (non-hydrogen) atoms. The molecule has 3 nitrogen and oxygen atoms in total. The minimum absolute atomic E-state index is 0.446. The molecule has 1 rings (SSSR count). The van der Waals surface area contributed by atoms with Gasteiger partial charge in [-0.3, -0.25) is 0 Å². The van der Waals surface area contributed by atoms with Crippen LogP contribution in [0.1, 0.15) is 12.8 Å². The van der Waals surface area contributed by atoms with Crippen molar-refractivity contribution in [2.75, 3.05) is 27.4 Å². The molecule has 96 valence electrons. The van der Waals surface area contributed by atoms with Crippen LogP contribution >= 0.6 is 15.9 Å². The lowest BCUT2D eigenvalue weighted by Gasteiger charge is -2.16. The standard InChI is InChI=1S/C13H20BrNO2/c1-15-12(6-8-16-2)7-9-17-13-5-3-4-11(14)10-13/h3-5,10,12,15H,6-9H2,1-2H3. The minimum atomic E-state index is 0.446. The van der Waals surface area contributed by atoms with Gasteiger partial charge >= 0.3 is 0 Å². The zero-order chi connectivity index (χ0) is 12.5. The molecule has 0 aromatic heterocycles. The van der Waals surface area contributed by atoms with Gasteiger partial charge in [0.15, 0.2) is 0 Å². The summed E-state index contributed by atoms with van der Waals surface area (Å²) in [5.41, 5.74) is 0. The van der Waals surface area contributed by atoms with Crippen LogP contribution in [0.15, 0.2) is 28.7 Å². The number of halogens is 1. The number of hydrogen-bond acceptors (Lipinski definition) is 3. The van der Waals surface area contributed by atoms with E-state index in [2.05, 4.69) is 21.2 Å². The summed E-state index contributed by atoms with van der Waals surface area (Å²) >= 11 is 3.42. The number of ether oxygens (including phenoxy) is 2. The van der Waals surface area contributed by atoms with Gasteiger partial charge in [-0.25, -0.2) is 0 Å². The minimum Gasteiger partial charge on any atom is -0.493 e. The fraction of sp³-hybridized carbons (Fsp3) is 0.538. The molecule has 1 aromatic carbocycles. The maximum absolute atomic E-state index is 5.69. The molecule has 0 fully saturated rings. The molecule has 1 N–H and O–H groups in total. The topological polar surface area (TPSA) is 30.5 Å². The first-order valence-electron chi connectivity index (χ1n) is 5.81. The molecular weight excluding hydrogens is 282 g/mol. The third-order valence-corrected chi connectivity index (χ3v) is 3.10. The average molecular weight is 302 g/mol. The van der Waals surface area contributed by atoms with Gasteiger partial charge in [0.25, 0.3) is 0 Å². The van der Waals surface area contributed by atoms with E-state index in [0.29, 0.717) is 12.6 Å². The zero-order valence-electron chi connectivity index (χ0n) is 10.4. The van der Waals surface area contributed by atoms with Gasteiger partial charge in [0.2, 0.25) is 0 Å². The van der Waals surface area contributed by atoms with Gasteiger partial charge in [0.05, 0.1) is 6.61 Å². The summed E-state index contributed by atoms with van der Waals surface area (Å²) < 4.78 is 11.8. The molecule has 1 unspecified atom stereocenters. The van der Waals surface area contributed by atoms with Crippen molar-refractivity contribution in [1.82, 2.24) is 5.32 Å². The first-order chi connectivity index (χ1) is 8.26. The normalized spacial score (nSPS) is 12.4. The first kappa shape index (κ1) is 14.5. The molecule has 0 heterocycles. The summed E-state index contributed by atoms with van der Waals surface area (Å²) in [5, 5.41) is 3.27. The molecule has 0 amide bonds. The van der Waals surface area contributed by atoms with Gasteiger partial charge in [-0.1, -0.05) is 22.0 Å². The maximum atomic E-state index is 5.69. The molecule has 0 saturated carbocycles. The van der Waals surface area contributed by atoms with Gasteiger partial charge in [-0.15, -0.1) is 0 Å². The number of hydrogen-bond donors (Lipinski definition) is 1. The lowest BCUT2D eigenvalue weighted by molar-refractivity contribution is 0.177. The van der Waals surface area contributed by atoms with Crippen LogP contribution in [0.4, 0.5) is 0 Å². The molecule has 0 spiro atoms. The second kappa shape index (κ2) is 8.50. The van der Waals surface area contributed by atoms with Gasteiger partial charge in [-0.2, -0.15) is 0 Å². The highest BCUT2D eigenvalue weighted by Gasteiger charge is 2.05. The van der Waals surface area contributed by atoms with Gasteiger partial charge < -0.3 is 14.8 Å². The van der Waals surface area contributed by atoms with Crippen LogP contribution in [-0.2, 0) is 4.74 Å². The third-order valence-electron chi connectivity index (χ3n) is 2.61. The van der Waals surface area contributed by atoms with E-state index in [1.165, 1.54) is 0 Å². The Morgan fingerprint density at radius 1 is 1.29 bits per heavy atom. The predicted molar refractivity (Wildman–Crippen MR) is 73.6 cm³/mol. The Morgan fingerprint density at radius 3 is 2.71 bits per heavy atom. The Labute approximate surface area is 112 Å². The molecule has 0 aliphatic rings. The van der Waals surface area contributed by atoms with E-state index in [4.69, 9.17) is 9.47 Å². The first-order valence-corrected chi connectivity index (χ1v) is 6.60. The summed E-state index contributed by atoms with van der Waals surface area (Å²) in [6.07, 6.45) is 1.99. The Hall–Kier alpha value is -0.580. The van der Waals surface area contributed by atoms with Crippen LogP contribution in [0.5, 0.6) is 5.75 Å². The predicted octanol–water partition coefficient (Wildman–Crippen LogP) is 2.84. The van der Waals surface area contributed by atoms with E-state index in [-0.39, 0.29) is 0 Å². The highest BCUT2D eigenvalue weighted by molar-refractivity contribution is 9.10. The van der Waals surface area contributed by atoms with Crippen LogP contribution in [-0.4, -0.2) is 33.4 Å². The van der Waals surface area contributed by atoms with Crippen molar-refractivity contribution in [3.63, 3.8) is 0 Å². The number of rotatable bonds is 8. The zero-order valence-corrected chi connectivity index (χ0v) is 12.0. The lowest BCUT2D eigenvalue weighted by atomic mass is 10.1. The largest absolute Gasteiger partial charge is 0.493 e. The van der Waals surface area contributed by atoms with Crippen LogP contribution < -0.4 is 10.1 Å². The Kier molecular flexibility index (Phi) is 7.24. The van der Waals surface area contributed by atoms with E-state index >= 15 is 0 Å². The highest BCUT2D eigenvalue weighted by Crippen LogP contribution is 2.18. The number of methoxy groups -OCH3 is 1. The average Bonchev–Trinajstić information content (AvgIpc) is 2.33. The SMILES string of the molecule is CNC(CCOC)CCOc1cccc(Br)c1. The fourth-order valence-corrected chi connectivity index (χ4v) is 1.95. The van der Waals surface area contributed by atoms with Crippen molar-refractivity contribution in [3.8, 4) is 5.75 Å². The van der Waals surface area contributed by atoms with Crippen molar-refractivity contribution in [2.24, 2.45) is 0 Å². The van der Waals surface area contributed by atoms with E-state index in [1.54, 1.807) is 7.11 Å². The maximum Gasteiger partial charge on any atom is 0.120 e. The van der Waals surface area contributed by atoms with Gasteiger partial charge in [0.1, 0.15) is 5.75 Å². The fourth-order valence-electron chi connectivity index (χ4n) is 1.57. The summed E-state index contributed by atoms with van der Waals surface area (Å²) in [5.74, 6) is 0.904. The molecule has 4 heteroatoms. The van der Waals surface area contributed by atoms with Crippen molar-refractivity contribution in [3.05, 3.63) is 28.7 Å². The molecule has 0 bridgehead atoms. The van der Waals surface area contributed by atoms with Gasteiger partial charge in [-0.05, 0) is 38.1 Å². The lowest BCUT2D eigenvalue weighted by Crippen LogP contribution is -2.28. The third kappa shape index (κ3) is 6.05. The summed E-state index contributed by atoms with van der Waals surface area (Å²) in [4.78, 5) is 0. The second-order valence-corrected chi connectivity index (χ2v) is 4.78. The second-order valence-electron chi connectivity index (χ2n) is 3.86. The molecule has 0 aliphatic heterocycles. The van der Waals surface area contributed by atoms with E-state index in [9.17, 15) is 0 Å². The van der Waals surface area contributed by atoms with Crippen LogP contribution in [0.3, 0.4) is 0 Å². The highest BCUT2D eigenvalue weighted by atomic mass is 79.9. The van der Waals surface area contributed by atoms with E-state index in [0.717, 1.165) is 29.7 Å². The summed E-state index contributed by atoms with van der Waals surface area (Å²) in [6, 6.07) is 8.35. The summed E-state index contributed by atoms with van der Waals surface area (Å²) in [6.45, 7) is 1.49. The summed E-state index contributed by atoms with van der Waals surface area (Å²) in [7, 11) is 3.70. The molecular formula is C13H20BrNO2. The molecule has 0 saturated heterocycles. The van der Waals surface area contributed by atoms with Crippen molar-refractivity contribution >= 4 is 15.9 Å². The number of nitrogens with one attached hydrogen (secondary N) is 1. The van der Waals surface area contributed by atoms with E-state index in [1.807, 2.05) is 31.3 Å². The molecule has 1 atom stereocenters. The van der Waals surface area contributed by atoms with Crippen molar-refractivity contribution in [1.29, 1.82) is 0 Å². The van der Waals surface area contributed by atoms with Crippen LogP contribution in [0.2, 0.25) is 0 Å². The van der Waals surface area contributed by atoms with Crippen LogP contribution in [0, 0.1) is 0 Å². The Bertz CT molecular complexity index is 320. The number of benzene rings is 1. The van der Waals surface area contributed by atoms with E-state index < -0.39 is 0 Å². The monoisotopic (exact) mass is 301 g/mol. The molecule has 1 aromatic rings. The Morgan fingerprint density at radius 2 is 2.06 bits per heavy atom. The van der Waals surface area contributed by atoms with Crippen molar-refractivity contribution < 1.29 is 9.47 Å². The van der Waals surface area contributed by atoms with Gasteiger partial charge in [0, 0.05) is 24.2 Å². The van der Waals surface area contributed by atoms with Crippen LogP contribution in [0.25, 0.3) is 0 Å². The van der Waals surface area contributed by atoms with Crippen molar-refractivity contribution in [2.45, 2.75) is 18.9 Å². The smallest absolute Gasteiger partial charge is 0.120 e.